The topological polar surface area (TPSA) is 104 Å². The van der Waals surface area contributed by atoms with Crippen molar-refractivity contribution in [2.24, 2.45) is 0 Å². The Bertz CT molecular complexity index is 1040. The largest absolute Gasteiger partial charge is 0.352 e. The van der Waals surface area contributed by atoms with E-state index in [4.69, 9.17) is 0 Å². The predicted molar refractivity (Wildman–Crippen MR) is 104 cm³/mol. The van der Waals surface area contributed by atoms with Crippen LogP contribution < -0.4 is 10.0 Å². The summed E-state index contributed by atoms with van der Waals surface area (Å²) in [6.07, 6.45) is 0.550. The Hall–Kier alpha value is -2.71. The normalized spacial score (nSPS) is 11.6. The quantitative estimate of drug-likeness (QED) is 0.579. The van der Waals surface area contributed by atoms with E-state index < -0.39 is 10.0 Å². The highest BCUT2D eigenvalue weighted by Gasteiger charge is 2.17. The van der Waals surface area contributed by atoms with Gasteiger partial charge < -0.3 is 10.3 Å². The van der Waals surface area contributed by atoms with E-state index in [-0.39, 0.29) is 17.3 Å². The first-order valence-electron chi connectivity index (χ1n) is 8.73. The maximum absolute atomic E-state index is 12.5. The van der Waals surface area contributed by atoms with E-state index in [2.05, 4.69) is 20.0 Å². The molecule has 3 N–H and O–H groups in total. The van der Waals surface area contributed by atoms with Crippen LogP contribution >= 0.6 is 0 Å². The van der Waals surface area contributed by atoms with Crippen LogP contribution in [0.3, 0.4) is 0 Å². The molecular formula is C19H22N4O3S. The molecule has 0 radical (unpaired) electrons. The molecule has 0 saturated heterocycles. The Balaban J connectivity index is 1.68. The second-order valence-electron chi connectivity index (χ2n) is 6.18. The summed E-state index contributed by atoms with van der Waals surface area (Å²) in [6.45, 7) is 4.16. The number of carbonyl (C=O) groups is 1. The van der Waals surface area contributed by atoms with Crippen molar-refractivity contribution in [3.8, 4) is 0 Å². The summed E-state index contributed by atoms with van der Waals surface area (Å²) in [4.78, 5) is 20.3. The molecule has 27 heavy (non-hydrogen) atoms. The number of nitrogens with zero attached hydrogens (tertiary/aromatic N) is 1. The fraction of sp³-hybridized carbons (Fsp3) is 0.263. The van der Waals surface area contributed by atoms with Crippen LogP contribution in [0.2, 0.25) is 0 Å². The first kappa shape index (κ1) is 19.1. The zero-order valence-corrected chi connectivity index (χ0v) is 16.1. The van der Waals surface area contributed by atoms with Crippen molar-refractivity contribution < 1.29 is 13.2 Å². The molecule has 8 heteroatoms. The van der Waals surface area contributed by atoms with Crippen molar-refractivity contribution >= 4 is 27.0 Å². The van der Waals surface area contributed by atoms with Gasteiger partial charge in [-0.3, -0.25) is 4.79 Å². The number of benzene rings is 2. The van der Waals surface area contributed by atoms with Gasteiger partial charge in [-0.1, -0.05) is 25.1 Å². The summed E-state index contributed by atoms with van der Waals surface area (Å²) >= 11 is 0. The standard InChI is InChI=1S/C19H22N4O3S/c1-3-21-27(25,26)14-9-8-13(2)15(12-14)19(24)20-11-10-18-22-16-6-4-5-7-17(16)23-18/h4-9,12,21H,3,10-11H2,1-2H3,(H,20,24)(H,22,23). The maximum atomic E-state index is 12.5. The summed E-state index contributed by atoms with van der Waals surface area (Å²) in [7, 11) is -3.61. The van der Waals surface area contributed by atoms with Gasteiger partial charge in [0.25, 0.3) is 5.91 Å². The smallest absolute Gasteiger partial charge is 0.251 e. The maximum Gasteiger partial charge on any atom is 0.251 e. The van der Waals surface area contributed by atoms with Crippen LogP contribution in [-0.4, -0.2) is 37.4 Å². The van der Waals surface area contributed by atoms with Gasteiger partial charge >= 0.3 is 0 Å². The molecule has 7 nitrogen and oxygen atoms in total. The van der Waals surface area contributed by atoms with Gasteiger partial charge in [-0.25, -0.2) is 18.1 Å². The molecule has 2 aromatic carbocycles. The number of aryl methyl sites for hydroxylation is 1. The third kappa shape index (κ3) is 4.35. The average molecular weight is 386 g/mol. The molecule has 3 aromatic rings. The molecule has 0 aliphatic heterocycles. The number of hydrogen-bond acceptors (Lipinski definition) is 4. The summed E-state index contributed by atoms with van der Waals surface area (Å²) in [5.41, 5.74) is 2.90. The molecule has 3 rings (SSSR count). The minimum atomic E-state index is -3.61. The van der Waals surface area contributed by atoms with Crippen LogP contribution in [0.25, 0.3) is 11.0 Å². The molecule has 1 amide bonds. The third-order valence-corrected chi connectivity index (χ3v) is 5.73. The Morgan fingerprint density at radius 1 is 1.19 bits per heavy atom. The van der Waals surface area contributed by atoms with Crippen LogP contribution in [0.15, 0.2) is 47.4 Å². The Kier molecular flexibility index (Phi) is 5.57. The minimum Gasteiger partial charge on any atom is -0.352 e. The summed E-state index contributed by atoms with van der Waals surface area (Å²) in [6, 6.07) is 12.3. The van der Waals surface area contributed by atoms with E-state index in [9.17, 15) is 13.2 Å². The van der Waals surface area contributed by atoms with E-state index in [0.717, 1.165) is 16.9 Å². The number of para-hydroxylation sites is 2. The average Bonchev–Trinajstić information content (AvgIpc) is 3.04. The van der Waals surface area contributed by atoms with Crippen molar-refractivity contribution in [3.63, 3.8) is 0 Å². The molecule has 0 atom stereocenters. The van der Waals surface area contributed by atoms with Crippen LogP contribution in [-0.2, 0) is 16.4 Å². The van der Waals surface area contributed by atoms with Crippen LogP contribution in [0.5, 0.6) is 0 Å². The number of hydrogen-bond donors (Lipinski definition) is 3. The van der Waals surface area contributed by atoms with Gasteiger partial charge in [0.1, 0.15) is 5.82 Å². The Morgan fingerprint density at radius 3 is 2.70 bits per heavy atom. The second-order valence-corrected chi connectivity index (χ2v) is 7.95. The zero-order chi connectivity index (χ0) is 19.4. The molecule has 0 aliphatic carbocycles. The highest BCUT2D eigenvalue weighted by atomic mass is 32.2. The van der Waals surface area contributed by atoms with E-state index in [1.54, 1.807) is 19.9 Å². The molecule has 0 unspecified atom stereocenters. The number of carbonyl (C=O) groups excluding carboxylic acids is 1. The molecule has 1 aromatic heterocycles. The monoisotopic (exact) mass is 386 g/mol. The van der Waals surface area contributed by atoms with Gasteiger partial charge in [-0.05, 0) is 36.8 Å². The van der Waals surface area contributed by atoms with Gasteiger partial charge in [0, 0.05) is 25.1 Å². The fourth-order valence-corrected chi connectivity index (χ4v) is 3.87. The fourth-order valence-electron chi connectivity index (χ4n) is 2.80. The molecule has 1 heterocycles. The molecule has 0 fully saturated rings. The SMILES string of the molecule is CCNS(=O)(=O)c1ccc(C)c(C(=O)NCCc2nc3ccccc3[nH]2)c1. The van der Waals surface area contributed by atoms with E-state index in [1.165, 1.54) is 12.1 Å². The van der Waals surface area contributed by atoms with Crippen molar-refractivity contribution in [1.82, 2.24) is 20.0 Å². The number of H-pyrrole nitrogens is 1. The summed E-state index contributed by atoms with van der Waals surface area (Å²) < 4.78 is 26.7. The Labute approximate surface area is 158 Å². The lowest BCUT2D eigenvalue weighted by Crippen LogP contribution is -2.28. The first-order chi connectivity index (χ1) is 12.9. The molecule has 0 aliphatic rings. The highest BCUT2D eigenvalue weighted by Crippen LogP contribution is 2.16. The van der Waals surface area contributed by atoms with E-state index in [0.29, 0.717) is 24.1 Å². The number of aromatic nitrogens is 2. The van der Waals surface area contributed by atoms with Crippen molar-refractivity contribution in [3.05, 3.63) is 59.4 Å². The van der Waals surface area contributed by atoms with Gasteiger partial charge in [0.15, 0.2) is 0 Å². The number of imidazole rings is 1. The molecule has 0 saturated carbocycles. The Morgan fingerprint density at radius 2 is 1.96 bits per heavy atom. The van der Waals surface area contributed by atoms with Crippen LogP contribution in [0.4, 0.5) is 0 Å². The number of sulfonamides is 1. The van der Waals surface area contributed by atoms with Gasteiger partial charge in [-0.2, -0.15) is 0 Å². The molecule has 0 bridgehead atoms. The number of rotatable bonds is 7. The zero-order valence-electron chi connectivity index (χ0n) is 15.2. The van der Waals surface area contributed by atoms with Crippen molar-refractivity contribution in [2.45, 2.75) is 25.2 Å². The minimum absolute atomic E-state index is 0.0809. The number of fused-ring (bicyclic) bond motifs is 1. The molecular weight excluding hydrogens is 364 g/mol. The lowest BCUT2D eigenvalue weighted by Gasteiger charge is -2.10. The van der Waals surface area contributed by atoms with Crippen molar-refractivity contribution in [2.75, 3.05) is 13.1 Å². The second kappa shape index (κ2) is 7.89. The van der Waals surface area contributed by atoms with Crippen LogP contribution in [0.1, 0.15) is 28.7 Å². The summed E-state index contributed by atoms with van der Waals surface area (Å²) in [5, 5.41) is 2.83. The molecule has 142 valence electrons. The number of amides is 1. The van der Waals surface area contributed by atoms with E-state index >= 15 is 0 Å². The highest BCUT2D eigenvalue weighted by molar-refractivity contribution is 7.89. The van der Waals surface area contributed by atoms with E-state index in [1.807, 2.05) is 24.3 Å². The predicted octanol–water partition coefficient (Wildman–Crippen LogP) is 2.14. The van der Waals surface area contributed by atoms with Gasteiger partial charge in [0.05, 0.1) is 15.9 Å². The lowest BCUT2D eigenvalue weighted by atomic mass is 10.1. The van der Waals surface area contributed by atoms with Crippen molar-refractivity contribution in [1.29, 1.82) is 0 Å². The number of aromatic amines is 1. The van der Waals surface area contributed by atoms with Gasteiger partial charge in [-0.15, -0.1) is 0 Å². The number of nitrogens with one attached hydrogen (secondary N) is 3. The van der Waals surface area contributed by atoms with Gasteiger partial charge in [0.2, 0.25) is 10.0 Å². The summed E-state index contributed by atoms with van der Waals surface area (Å²) in [5.74, 6) is 0.480. The third-order valence-electron chi connectivity index (χ3n) is 4.18. The molecule has 0 spiro atoms. The first-order valence-corrected chi connectivity index (χ1v) is 10.2. The van der Waals surface area contributed by atoms with Crippen LogP contribution in [0, 0.1) is 6.92 Å². The lowest BCUT2D eigenvalue weighted by molar-refractivity contribution is 0.0953.